The molecule has 2 fully saturated rings. The number of rotatable bonds is 5. The summed E-state index contributed by atoms with van der Waals surface area (Å²) in [7, 11) is -3.66. The number of nitrogens with one attached hydrogen (secondary N) is 1. The lowest BCUT2D eigenvalue weighted by Gasteiger charge is -2.18. The van der Waals surface area contributed by atoms with Crippen molar-refractivity contribution in [1.29, 1.82) is 0 Å². The minimum Gasteiger partial charge on any atom is -0.449 e. The summed E-state index contributed by atoms with van der Waals surface area (Å²) in [5.41, 5.74) is 0.0285. The largest absolute Gasteiger partial charge is 0.449 e. The van der Waals surface area contributed by atoms with Crippen LogP contribution in [0.15, 0.2) is 29.2 Å². The monoisotopic (exact) mass is 395 g/mol. The van der Waals surface area contributed by atoms with Crippen LogP contribution in [-0.4, -0.2) is 67.8 Å². The minimum atomic E-state index is -3.66. The van der Waals surface area contributed by atoms with Crippen LogP contribution in [0.4, 0.5) is 4.79 Å². The number of hydrogen-bond donors (Lipinski definition) is 1. The van der Waals surface area contributed by atoms with E-state index in [0.717, 1.165) is 17.7 Å². The molecule has 0 radical (unpaired) electrons. The van der Waals surface area contributed by atoms with Crippen LogP contribution in [0.2, 0.25) is 0 Å². The Bertz CT molecular complexity index is 863. The van der Waals surface area contributed by atoms with Gasteiger partial charge in [0.2, 0.25) is 10.0 Å². The van der Waals surface area contributed by atoms with Crippen LogP contribution in [0.3, 0.4) is 0 Å². The Morgan fingerprint density at radius 3 is 2.52 bits per heavy atom. The summed E-state index contributed by atoms with van der Waals surface area (Å²) < 4.78 is 31.8. The summed E-state index contributed by atoms with van der Waals surface area (Å²) in [6.07, 6.45) is 0.454. The van der Waals surface area contributed by atoms with Gasteiger partial charge in [0.05, 0.1) is 10.5 Å². The maximum Gasteiger partial charge on any atom is 0.338 e. The number of ether oxygens (including phenoxy) is 1. The molecule has 2 aliphatic rings. The van der Waals surface area contributed by atoms with Crippen LogP contribution >= 0.6 is 0 Å². The third-order valence-electron chi connectivity index (χ3n) is 4.53. The first-order valence-corrected chi connectivity index (χ1v) is 10.1. The molecule has 1 aromatic carbocycles. The zero-order valence-electron chi connectivity index (χ0n) is 14.9. The van der Waals surface area contributed by atoms with Crippen LogP contribution < -0.4 is 5.32 Å². The van der Waals surface area contributed by atoms with E-state index in [1.165, 1.54) is 35.5 Å². The van der Waals surface area contributed by atoms with Crippen LogP contribution in [-0.2, 0) is 19.6 Å². The molecule has 27 heavy (non-hydrogen) atoms. The molecular weight excluding hydrogens is 374 g/mol. The molecule has 2 heterocycles. The first-order chi connectivity index (χ1) is 12.8. The molecule has 10 heteroatoms. The molecule has 146 valence electrons. The van der Waals surface area contributed by atoms with E-state index in [-0.39, 0.29) is 17.0 Å². The van der Waals surface area contributed by atoms with Gasteiger partial charge in [-0.25, -0.2) is 18.0 Å². The Balaban J connectivity index is 1.72. The molecule has 1 aromatic rings. The van der Waals surface area contributed by atoms with Gasteiger partial charge in [-0.2, -0.15) is 4.31 Å². The summed E-state index contributed by atoms with van der Waals surface area (Å²) >= 11 is 0. The standard InChI is InChI=1S/C17H21N3O6S/c1-12(15(21)20-10-7-18-17(20)23)26-16(22)13-5-4-6-14(11-13)27(24,25)19-8-2-3-9-19/h4-6,11-12H,2-3,7-10H2,1H3,(H,18,23)/t12-/m1/s1. The van der Waals surface area contributed by atoms with Crippen molar-refractivity contribution in [3.8, 4) is 0 Å². The molecule has 0 spiro atoms. The van der Waals surface area contributed by atoms with E-state index in [4.69, 9.17) is 4.74 Å². The van der Waals surface area contributed by atoms with Crippen molar-refractivity contribution in [2.24, 2.45) is 0 Å². The Kier molecular flexibility index (Phi) is 5.47. The van der Waals surface area contributed by atoms with Crippen molar-refractivity contribution >= 4 is 27.9 Å². The SMILES string of the molecule is C[C@@H](OC(=O)c1cccc(S(=O)(=O)N2CCCC2)c1)C(=O)N1CCNC1=O. The summed E-state index contributed by atoms with van der Waals surface area (Å²) in [6.45, 7) is 2.85. The van der Waals surface area contributed by atoms with E-state index in [9.17, 15) is 22.8 Å². The maximum absolute atomic E-state index is 12.6. The fourth-order valence-corrected chi connectivity index (χ4v) is 4.60. The first kappa shape index (κ1) is 19.3. The Morgan fingerprint density at radius 1 is 1.19 bits per heavy atom. The fraction of sp³-hybridized carbons (Fsp3) is 0.471. The van der Waals surface area contributed by atoms with Gasteiger partial charge in [0.1, 0.15) is 0 Å². The average molecular weight is 395 g/mol. The van der Waals surface area contributed by atoms with Gasteiger partial charge in [-0.05, 0) is 38.0 Å². The van der Waals surface area contributed by atoms with Gasteiger partial charge in [0.15, 0.2) is 6.10 Å². The van der Waals surface area contributed by atoms with Gasteiger partial charge < -0.3 is 10.1 Å². The van der Waals surface area contributed by atoms with Crippen molar-refractivity contribution < 1.29 is 27.5 Å². The summed E-state index contributed by atoms with van der Waals surface area (Å²) in [6, 6.07) is 5.02. The van der Waals surface area contributed by atoms with Gasteiger partial charge in [0, 0.05) is 26.2 Å². The minimum absolute atomic E-state index is 0.0109. The van der Waals surface area contributed by atoms with Gasteiger partial charge in [-0.3, -0.25) is 9.69 Å². The van der Waals surface area contributed by atoms with Crippen molar-refractivity contribution in [2.45, 2.75) is 30.8 Å². The van der Waals surface area contributed by atoms with Gasteiger partial charge in [-0.1, -0.05) is 6.07 Å². The van der Waals surface area contributed by atoms with Gasteiger partial charge >= 0.3 is 12.0 Å². The zero-order chi connectivity index (χ0) is 19.6. The van der Waals surface area contributed by atoms with E-state index >= 15 is 0 Å². The second-order valence-corrected chi connectivity index (χ2v) is 8.35. The number of carbonyl (C=O) groups excluding carboxylic acids is 3. The predicted molar refractivity (Wildman–Crippen MR) is 94.4 cm³/mol. The molecule has 0 unspecified atom stereocenters. The number of hydrogen-bond acceptors (Lipinski definition) is 6. The lowest BCUT2D eigenvalue weighted by atomic mass is 10.2. The van der Waals surface area contributed by atoms with Gasteiger partial charge in [-0.15, -0.1) is 0 Å². The number of esters is 1. The predicted octanol–water partition coefficient (Wildman–Crippen LogP) is 0.568. The molecule has 0 bridgehead atoms. The number of amides is 3. The summed E-state index contributed by atoms with van der Waals surface area (Å²) in [5.74, 6) is -1.45. The number of urea groups is 1. The molecule has 2 saturated heterocycles. The van der Waals surface area contributed by atoms with Crippen molar-refractivity contribution in [2.75, 3.05) is 26.2 Å². The Morgan fingerprint density at radius 2 is 1.89 bits per heavy atom. The fourth-order valence-electron chi connectivity index (χ4n) is 3.04. The number of imide groups is 1. The Labute approximate surface area is 157 Å². The van der Waals surface area contributed by atoms with Crippen LogP contribution in [0.1, 0.15) is 30.1 Å². The van der Waals surface area contributed by atoms with E-state index in [2.05, 4.69) is 5.32 Å². The van der Waals surface area contributed by atoms with Crippen molar-refractivity contribution in [1.82, 2.24) is 14.5 Å². The molecule has 1 atom stereocenters. The molecule has 9 nitrogen and oxygen atoms in total. The molecule has 0 aliphatic carbocycles. The lowest BCUT2D eigenvalue weighted by molar-refractivity contribution is -0.136. The average Bonchev–Trinajstić information content (AvgIpc) is 3.33. The van der Waals surface area contributed by atoms with Crippen molar-refractivity contribution in [3.05, 3.63) is 29.8 Å². The lowest BCUT2D eigenvalue weighted by Crippen LogP contribution is -2.41. The number of carbonyl (C=O) groups is 3. The van der Waals surface area contributed by atoms with Crippen LogP contribution in [0, 0.1) is 0 Å². The van der Waals surface area contributed by atoms with Crippen LogP contribution in [0.5, 0.6) is 0 Å². The van der Waals surface area contributed by atoms with E-state index < -0.39 is 34.0 Å². The molecule has 3 rings (SSSR count). The third kappa shape index (κ3) is 3.96. The quantitative estimate of drug-likeness (QED) is 0.729. The summed E-state index contributed by atoms with van der Waals surface area (Å²) in [5, 5.41) is 2.50. The normalized spacial score (nSPS) is 19.0. The zero-order valence-corrected chi connectivity index (χ0v) is 15.7. The second-order valence-electron chi connectivity index (χ2n) is 6.41. The highest BCUT2D eigenvalue weighted by molar-refractivity contribution is 7.89. The molecule has 2 aliphatic heterocycles. The molecule has 0 aromatic heterocycles. The molecular formula is C17H21N3O6S. The molecule has 3 amide bonds. The maximum atomic E-state index is 12.6. The highest BCUT2D eigenvalue weighted by Crippen LogP contribution is 2.22. The first-order valence-electron chi connectivity index (χ1n) is 8.71. The van der Waals surface area contributed by atoms with E-state index in [1.807, 2.05) is 0 Å². The topological polar surface area (TPSA) is 113 Å². The van der Waals surface area contributed by atoms with Gasteiger partial charge in [0.25, 0.3) is 5.91 Å². The Hall–Kier alpha value is -2.46. The van der Waals surface area contributed by atoms with Crippen molar-refractivity contribution in [3.63, 3.8) is 0 Å². The molecule has 0 saturated carbocycles. The highest BCUT2D eigenvalue weighted by atomic mass is 32.2. The molecule has 1 N–H and O–H groups in total. The third-order valence-corrected chi connectivity index (χ3v) is 6.42. The number of benzene rings is 1. The van der Waals surface area contributed by atoms with E-state index in [1.54, 1.807) is 0 Å². The second kappa shape index (κ2) is 7.65. The highest BCUT2D eigenvalue weighted by Gasteiger charge is 2.32. The number of nitrogens with zero attached hydrogens (tertiary/aromatic N) is 2. The van der Waals surface area contributed by atoms with Crippen LogP contribution in [0.25, 0.3) is 0 Å². The summed E-state index contributed by atoms with van der Waals surface area (Å²) in [4.78, 5) is 37.1. The number of sulfonamides is 1. The smallest absolute Gasteiger partial charge is 0.338 e. The van der Waals surface area contributed by atoms with E-state index in [0.29, 0.717) is 19.6 Å².